The zero-order chi connectivity index (χ0) is 13.4. The summed E-state index contributed by atoms with van der Waals surface area (Å²) in [5.41, 5.74) is 1.59. The number of carbonyl (C=O) groups excluding carboxylic acids is 1. The van der Waals surface area contributed by atoms with Crippen molar-refractivity contribution in [3.05, 3.63) is 35.4 Å². The van der Waals surface area contributed by atoms with Gasteiger partial charge in [-0.2, -0.15) is 0 Å². The summed E-state index contributed by atoms with van der Waals surface area (Å²) in [6.07, 6.45) is 0.419. The minimum Gasteiger partial charge on any atom is -0.454 e. The number of esters is 1. The van der Waals surface area contributed by atoms with E-state index in [1.54, 1.807) is 20.3 Å². The van der Waals surface area contributed by atoms with Gasteiger partial charge in [0.1, 0.15) is 6.10 Å². The van der Waals surface area contributed by atoms with E-state index in [9.17, 15) is 4.79 Å². The van der Waals surface area contributed by atoms with Gasteiger partial charge < -0.3 is 14.2 Å². The molecule has 0 heterocycles. The molecule has 0 unspecified atom stereocenters. The van der Waals surface area contributed by atoms with Crippen LogP contribution in [0.25, 0.3) is 0 Å². The minimum absolute atomic E-state index is 0.327. The van der Waals surface area contributed by atoms with Crippen LogP contribution in [0, 0.1) is 0 Å². The Labute approximate surface area is 108 Å². The van der Waals surface area contributed by atoms with Crippen LogP contribution in [-0.4, -0.2) is 39.5 Å². The first-order valence-corrected chi connectivity index (χ1v) is 5.99. The normalized spacial score (nSPS) is 10.7. The molecular weight excluding hydrogens is 232 g/mol. The van der Waals surface area contributed by atoms with Crippen molar-refractivity contribution >= 4 is 5.97 Å². The molecule has 1 aromatic carbocycles. The lowest BCUT2D eigenvalue weighted by molar-refractivity contribution is -0.0224. The largest absolute Gasteiger partial charge is 0.454 e. The third-order valence-corrected chi connectivity index (χ3v) is 2.60. The molecule has 0 aromatic heterocycles. The smallest absolute Gasteiger partial charge is 0.338 e. The molecule has 0 saturated heterocycles. The number of rotatable bonds is 7. The zero-order valence-electron chi connectivity index (χ0n) is 11.1. The summed E-state index contributed by atoms with van der Waals surface area (Å²) < 4.78 is 15.4. The maximum atomic E-state index is 12.1. The van der Waals surface area contributed by atoms with E-state index in [0.717, 1.165) is 12.0 Å². The van der Waals surface area contributed by atoms with Crippen LogP contribution in [-0.2, 0) is 20.6 Å². The predicted octanol–water partition coefficient (Wildman–Crippen LogP) is 2.07. The van der Waals surface area contributed by atoms with Crippen LogP contribution in [0.1, 0.15) is 22.8 Å². The molecule has 0 saturated carbocycles. The second-order valence-corrected chi connectivity index (χ2v) is 3.95. The Hall–Kier alpha value is -1.39. The van der Waals surface area contributed by atoms with E-state index >= 15 is 0 Å². The van der Waals surface area contributed by atoms with Crippen LogP contribution in [0.2, 0.25) is 0 Å². The molecule has 0 amide bonds. The maximum Gasteiger partial charge on any atom is 0.338 e. The predicted molar refractivity (Wildman–Crippen MR) is 68.8 cm³/mol. The van der Waals surface area contributed by atoms with Crippen molar-refractivity contribution in [1.29, 1.82) is 0 Å². The van der Waals surface area contributed by atoms with Gasteiger partial charge in [-0.1, -0.05) is 25.1 Å². The van der Waals surface area contributed by atoms with Crippen molar-refractivity contribution in [2.24, 2.45) is 0 Å². The molecule has 4 heteroatoms. The Kier molecular flexibility index (Phi) is 6.39. The monoisotopic (exact) mass is 252 g/mol. The fourth-order valence-electron chi connectivity index (χ4n) is 1.73. The topological polar surface area (TPSA) is 44.8 Å². The molecule has 100 valence electrons. The van der Waals surface area contributed by atoms with Gasteiger partial charge in [-0.15, -0.1) is 0 Å². The molecule has 18 heavy (non-hydrogen) atoms. The molecule has 0 aliphatic heterocycles. The molecule has 0 aliphatic carbocycles. The molecule has 0 bridgehead atoms. The summed E-state index contributed by atoms with van der Waals surface area (Å²) in [5, 5.41) is 0. The number of methoxy groups -OCH3 is 2. The van der Waals surface area contributed by atoms with Crippen LogP contribution in [0.4, 0.5) is 0 Å². The lowest BCUT2D eigenvalue weighted by Crippen LogP contribution is -2.28. The standard InChI is InChI=1S/C14H20O4/c1-4-11-7-5-6-8-13(11)14(15)18-12(9-16-2)10-17-3/h5-8,12H,4,9-10H2,1-3H3. The fraction of sp³-hybridized carbons (Fsp3) is 0.500. The molecule has 0 radical (unpaired) electrons. The highest BCUT2D eigenvalue weighted by Gasteiger charge is 2.17. The molecular formula is C14H20O4. The number of hydrogen-bond acceptors (Lipinski definition) is 4. The van der Waals surface area contributed by atoms with E-state index in [1.807, 2.05) is 25.1 Å². The average molecular weight is 252 g/mol. The van der Waals surface area contributed by atoms with Gasteiger partial charge in [-0.25, -0.2) is 4.79 Å². The van der Waals surface area contributed by atoms with E-state index in [1.165, 1.54) is 0 Å². The SMILES string of the molecule is CCc1ccccc1C(=O)OC(COC)COC. The second kappa shape index (κ2) is 7.84. The zero-order valence-corrected chi connectivity index (χ0v) is 11.1. The van der Waals surface area contributed by atoms with Gasteiger partial charge in [0.05, 0.1) is 18.8 Å². The quantitative estimate of drug-likeness (QED) is 0.697. The van der Waals surface area contributed by atoms with Gasteiger partial charge in [-0.05, 0) is 18.1 Å². The summed E-state index contributed by atoms with van der Waals surface area (Å²) in [7, 11) is 3.13. The summed E-state index contributed by atoms with van der Waals surface area (Å²) in [6.45, 7) is 2.66. The van der Waals surface area contributed by atoms with Gasteiger partial charge in [-0.3, -0.25) is 0 Å². The molecule has 4 nitrogen and oxygen atoms in total. The Morgan fingerprint density at radius 1 is 1.17 bits per heavy atom. The fourth-order valence-corrected chi connectivity index (χ4v) is 1.73. The summed E-state index contributed by atoms with van der Waals surface area (Å²) >= 11 is 0. The van der Waals surface area contributed by atoms with E-state index in [0.29, 0.717) is 18.8 Å². The molecule has 0 atom stereocenters. The Morgan fingerprint density at radius 2 is 1.78 bits per heavy atom. The van der Waals surface area contributed by atoms with E-state index in [2.05, 4.69) is 0 Å². The molecule has 0 fully saturated rings. The maximum absolute atomic E-state index is 12.1. The summed E-state index contributed by atoms with van der Waals surface area (Å²) in [4.78, 5) is 12.1. The first-order valence-electron chi connectivity index (χ1n) is 5.99. The van der Waals surface area contributed by atoms with Crippen molar-refractivity contribution < 1.29 is 19.0 Å². The highest BCUT2D eigenvalue weighted by Crippen LogP contribution is 2.12. The van der Waals surface area contributed by atoms with Gasteiger partial charge in [0, 0.05) is 14.2 Å². The minimum atomic E-state index is -0.377. The van der Waals surface area contributed by atoms with Crippen molar-refractivity contribution in [3.63, 3.8) is 0 Å². The molecule has 1 aromatic rings. The second-order valence-electron chi connectivity index (χ2n) is 3.95. The van der Waals surface area contributed by atoms with Gasteiger partial charge in [0.2, 0.25) is 0 Å². The first-order chi connectivity index (χ1) is 8.72. The van der Waals surface area contributed by atoms with E-state index in [4.69, 9.17) is 14.2 Å². The van der Waals surface area contributed by atoms with E-state index < -0.39 is 0 Å². The van der Waals surface area contributed by atoms with Crippen LogP contribution < -0.4 is 0 Å². The number of aryl methyl sites for hydroxylation is 1. The van der Waals surface area contributed by atoms with E-state index in [-0.39, 0.29) is 12.1 Å². The van der Waals surface area contributed by atoms with Crippen LogP contribution in [0.3, 0.4) is 0 Å². The van der Waals surface area contributed by atoms with Gasteiger partial charge in [0.15, 0.2) is 0 Å². The van der Waals surface area contributed by atoms with Crippen LogP contribution in [0.5, 0.6) is 0 Å². The third-order valence-electron chi connectivity index (χ3n) is 2.60. The Balaban J connectivity index is 2.73. The lowest BCUT2D eigenvalue weighted by atomic mass is 10.1. The molecule has 0 spiro atoms. The van der Waals surface area contributed by atoms with Crippen LogP contribution >= 0.6 is 0 Å². The number of hydrogen-bond donors (Lipinski definition) is 0. The summed E-state index contributed by atoms with van der Waals surface area (Å²) in [5.74, 6) is -0.327. The first kappa shape index (κ1) is 14.7. The number of carbonyl (C=O) groups is 1. The van der Waals surface area contributed by atoms with Crippen molar-refractivity contribution in [1.82, 2.24) is 0 Å². The van der Waals surface area contributed by atoms with Crippen molar-refractivity contribution in [2.75, 3.05) is 27.4 Å². The average Bonchev–Trinajstić information content (AvgIpc) is 2.39. The number of ether oxygens (including phenoxy) is 3. The van der Waals surface area contributed by atoms with Gasteiger partial charge in [0.25, 0.3) is 0 Å². The number of benzene rings is 1. The van der Waals surface area contributed by atoms with Crippen LogP contribution in [0.15, 0.2) is 24.3 Å². The molecule has 0 N–H and O–H groups in total. The summed E-state index contributed by atoms with van der Waals surface area (Å²) in [6, 6.07) is 7.45. The highest BCUT2D eigenvalue weighted by molar-refractivity contribution is 5.91. The third kappa shape index (κ3) is 4.13. The Morgan fingerprint density at radius 3 is 2.33 bits per heavy atom. The van der Waals surface area contributed by atoms with Crippen molar-refractivity contribution in [2.45, 2.75) is 19.4 Å². The lowest BCUT2D eigenvalue weighted by Gasteiger charge is -2.17. The van der Waals surface area contributed by atoms with Gasteiger partial charge >= 0.3 is 5.97 Å². The highest BCUT2D eigenvalue weighted by atomic mass is 16.6. The molecule has 0 aliphatic rings. The Bertz CT molecular complexity index is 370. The molecule has 1 rings (SSSR count). The van der Waals surface area contributed by atoms with Crippen molar-refractivity contribution in [3.8, 4) is 0 Å².